The molecule has 2 saturated heterocycles. The van der Waals surface area contributed by atoms with E-state index < -0.39 is 17.9 Å². The summed E-state index contributed by atoms with van der Waals surface area (Å²) in [7, 11) is 0. The molecular weight excluding hydrogens is 509 g/mol. The number of β-lactam (4-membered cyclic amide) rings is 1. The number of thioether (sulfide) groups is 1. The van der Waals surface area contributed by atoms with Crippen molar-refractivity contribution in [3.8, 4) is 0 Å². The van der Waals surface area contributed by atoms with Crippen molar-refractivity contribution in [3.63, 3.8) is 0 Å². The Balaban J connectivity index is 0.00000320. The third-order valence-corrected chi connectivity index (χ3v) is 7.87. The molecule has 3 amide bonds. The molecule has 0 radical (unpaired) electrons. The van der Waals surface area contributed by atoms with Crippen LogP contribution in [0.15, 0.2) is 46.8 Å². The van der Waals surface area contributed by atoms with Crippen molar-refractivity contribution >= 4 is 35.5 Å². The van der Waals surface area contributed by atoms with Gasteiger partial charge >= 0.3 is 29.6 Å². The molecule has 14 heteroatoms. The topological polar surface area (TPSA) is 153 Å². The number of likely N-dealkylation sites (tertiary alicyclic amines) is 1. The largest absolute Gasteiger partial charge is 1.00 e. The molecule has 3 aliphatic heterocycles. The Hall–Kier alpha value is -2.74. The smallest absolute Gasteiger partial charge is 0.543 e. The van der Waals surface area contributed by atoms with Gasteiger partial charge in [-0.1, -0.05) is 42.1 Å². The van der Waals surface area contributed by atoms with Crippen molar-refractivity contribution in [2.24, 2.45) is 5.92 Å². The van der Waals surface area contributed by atoms with Crippen molar-refractivity contribution in [2.75, 3.05) is 18.8 Å². The van der Waals surface area contributed by atoms with Gasteiger partial charge in [0.25, 0.3) is 5.91 Å². The normalized spacial score (nSPS) is 21.8. The van der Waals surface area contributed by atoms with E-state index in [1.165, 1.54) is 33.2 Å². The summed E-state index contributed by atoms with van der Waals surface area (Å²) in [5.41, 5.74) is 1.57. The molecule has 2 aromatic rings. The molecule has 0 aliphatic carbocycles. The van der Waals surface area contributed by atoms with Crippen LogP contribution in [0.1, 0.15) is 18.9 Å². The second-order valence-electron chi connectivity index (χ2n) is 8.91. The van der Waals surface area contributed by atoms with E-state index in [1.54, 1.807) is 0 Å². The maximum atomic E-state index is 12.7. The van der Waals surface area contributed by atoms with Crippen LogP contribution in [0.3, 0.4) is 0 Å². The Morgan fingerprint density at radius 2 is 1.97 bits per heavy atom. The minimum atomic E-state index is -1.42. The number of nitrogens with zero attached hydrogens (tertiary/aromatic N) is 6. The molecule has 2 fully saturated rings. The molecule has 0 spiro atoms. The van der Waals surface area contributed by atoms with Gasteiger partial charge in [0.05, 0.1) is 17.7 Å². The standard InChI is InChI=1S/C23H25N7O5S.Na/c1-13(31)28-10-8-15-16(19(22(34)35)30-18(15)20(28)21(30)33)12-36-23-25-26-27-29(23)11-17(32)24-9-7-14-5-3-2-4-6-14;/h2-6,15,18,20H,7-12H2,1H3,(H,24,32)(H,34,35);/q;+1/p-1/t15?,18-,20+;/m1./s1. The number of hydrogen-bond donors (Lipinski definition) is 1. The van der Waals surface area contributed by atoms with Gasteiger partial charge in [-0.25, -0.2) is 4.68 Å². The van der Waals surface area contributed by atoms with E-state index in [0.29, 0.717) is 36.7 Å². The zero-order valence-corrected chi connectivity index (χ0v) is 23.3. The summed E-state index contributed by atoms with van der Waals surface area (Å²) in [6.07, 6.45) is 1.25. The minimum absolute atomic E-state index is 0. The predicted molar refractivity (Wildman–Crippen MR) is 124 cm³/mol. The maximum Gasteiger partial charge on any atom is 1.00 e. The first kappa shape index (κ1) is 27.3. The number of benzene rings is 1. The minimum Gasteiger partial charge on any atom is -0.543 e. The zero-order valence-electron chi connectivity index (χ0n) is 20.5. The molecule has 37 heavy (non-hydrogen) atoms. The van der Waals surface area contributed by atoms with Crippen LogP contribution in [0.25, 0.3) is 0 Å². The van der Waals surface area contributed by atoms with Crippen molar-refractivity contribution in [1.82, 2.24) is 35.3 Å². The average molecular weight is 534 g/mol. The van der Waals surface area contributed by atoms with Gasteiger partial charge in [0.2, 0.25) is 17.0 Å². The molecule has 1 aromatic carbocycles. The number of carboxylic acids is 1. The number of aliphatic carboxylic acids is 1. The van der Waals surface area contributed by atoms with Crippen LogP contribution >= 0.6 is 11.8 Å². The third-order valence-electron chi connectivity index (χ3n) is 6.86. The average Bonchev–Trinajstić information content (AvgIpc) is 3.43. The fourth-order valence-corrected chi connectivity index (χ4v) is 6.23. The van der Waals surface area contributed by atoms with E-state index in [4.69, 9.17) is 0 Å². The third kappa shape index (κ3) is 5.17. The van der Waals surface area contributed by atoms with Gasteiger partial charge in [0, 0.05) is 31.7 Å². The molecule has 3 aliphatic rings. The van der Waals surface area contributed by atoms with Crippen LogP contribution in [0.2, 0.25) is 0 Å². The first-order chi connectivity index (χ1) is 17.4. The van der Waals surface area contributed by atoms with Crippen LogP contribution in [0.4, 0.5) is 0 Å². The van der Waals surface area contributed by atoms with Gasteiger partial charge in [0.1, 0.15) is 12.6 Å². The fraction of sp³-hybridized carbons (Fsp3) is 0.435. The van der Waals surface area contributed by atoms with Crippen molar-refractivity contribution in [2.45, 2.75) is 43.6 Å². The summed E-state index contributed by atoms with van der Waals surface area (Å²) in [4.78, 5) is 51.9. The predicted octanol–water partition coefficient (Wildman–Crippen LogP) is -4.41. The van der Waals surface area contributed by atoms with Gasteiger partial charge in [-0.2, -0.15) is 0 Å². The molecule has 0 saturated carbocycles. The summed E-state index contributed by atoms with van der Waals surface area (Å²) in [5.74, 6) is -2.23. The van der Waals surface area contributed by atoms with Crippen LogP contribution in [0, 0.1) is 5.92 Å². The SMILES string of the molecule is CC(=O)N1CCC2C(CSc3nnnn3CC(=O)NCCc3ccccc3)=C(C(=O)[O-])N3C(=O)[C@@H]1[C@@H]23.[Na+]. The van der Waals surface area contributed by atoms with Gasteiger partial charge in [-0.3, -0.25) is 14.4 Å². The quantitative estimate of drug-likeness (QED) is 0.191. The number of tetrazole rings is 1. The zero-order chi connectivity index (χ0) is 25.4. The molecule has 1 unspecified atom stereocenters. The number of carbonyl (C=O) groups is 4. The molecule has 3 atom stereocenters. The number of carboxylic acid groups (broad SMARTS) is 1. The molecule has 1 N–H and O–H groups in total. The Kier molecular flexibility index (Phi) is 8.36. The Bertz CT molecular complexity index is 1250. The van der Waals surface area contributed by atoms with Crippen LogP contribution in [-0.2, 0) is 32.1 Å². The number of hydrogen-bond acceptors (Lipinski definition) is 9. The molecule has 1 aromatic heterocycles. The summed E-state index contributed by atoms with van der Waals surface area (Å²) < 4.78 is 1.36. The summed E-state index contributed by atoms with van der Waals surface area (Å²) in [6, 6.07) is 8.78. The summed E-state index contributed by atoms with van der Waals surface area (Å²) in [6.45, 7) is 2.19. The second-order valence-corrected chi connectivity index (χ2v) is 9.85. The van der Waals surface area contributed by atoms with Gasteiger partial charge < -0.3 is 25.0 Å². The Morgan fingerprint density at radius 1 is 1.22 bits per heavy atom. The fourth-order valence-electron chi connectivity index (χ4n) is 5.25. The molecule has 12 nitrogen and oxygen atoms in total. The molecule has 0 bridgehead atoms. The second kappa shape index (κ2) is 11.3. The molecule has 4 heterocycles. The van der Waals surface area contributed by atoms with E-state index in [-0.39, 0.29) is 71.3 Å². The van der Waals surface area contributed by atoms with E-state index >= 15 is 0 Å². The van der Waals surface area contributed by atoms with Gasteiger partial charge in [-0.15, -0.1) is 5.10 Å². The van der Waals surface area contributed by atoms with E-state index in [2.05, 4.69) is 20.8 Å². The van der Waals surface area contributed by atoms with E-state index in [0.717, 1.165) is 5.56 Å². The first-order valence-corrected chi connectivity index (χ1v) is 12.6. The number of piperidine rings is 1. The molecule has 5 rings (SSSR count). The van der Waals surface area contributed by atoms with Crippen molar-refractivity contribution in [3.05, 3.63) is 47.2 Å². The van der Waals surface area contributed by atoms with E-state index in [1.807, 2.05) is 30.3 Å². The van der Waals surface area contributed by atoms with Crippen molar-refractivity contribution in [1.29, 1.82) is 0 Å². The number of amides is 3. The maximum absolute atomic E-state index is 12.7. The van der Waals surface area contributed by atoms with Crippen LogP contribution < -0.4 is 40.0 Å². The Morgan fingerprint density at radius 3 is 2.68 bits per heavy atom. The monoisotopic (exact) mass is 533 g/mol. The summed E-state index contributed by atoms with van der Waals surface area (Å²) >= 11 is 1.20. The first-order valence-electron chi connectivity index (χ1n) is 11.6. The van der Waals surface area contributed by atoms with Crippen molar-refractivity contribution < 1.29 is 53.8 Å². The van der Waals surface area contributed by atoms with E-state index in [9.17, 15) is 24.3 Å². The molecular formula is C23H24N7NaO5S. The van der Waals surface area contributed by atoms with Crippen LogP contribution in [0.5, 0.6) is 0 Å². The summed E-state index contributed by atoms with van der Waals surface area (Å²) in [5, 5.41) is 26.7. The number of aromatic nitrogens is 4. The molecule has 188 valence electrons. The number of carbonyl (C=O) groups excluding carboxylic acids is 4. The Labute approximate surface area is 239 Å². The number of nitrogens with one attached hydrogen (secondary N) is 1. The van der Waals surface area contributed by atoms with Gasteiger partial charge in [0.15, 0.2) is 0 Å². The van der Waals surface area contributed by atoms with Crippen LogP contribution in [-0.4, -0.2) is 84.6 Å². The van der Waals surface area contributed by atoms with Gasteiger partial charge in [-0.05, 0) is 34.4 Å². The number of rotatable bonds is 9.